The van der Waals surface area contributed by atoms with Crippen molar-refractivity contribution >= 4 is 41.3 Å². The molecule has 2 aromatic heterocycles. The van der Waals surface area contributed by atoms with E-state index in [1.807, 2.05) is 19.1 Å². The molecule has 1 unspecified atom stereocenters. The van der Waals surface area contributed by atoms with Crippen molar-refractivity contribution in [2.45, 2.75) is 53.1 Å². The van der Waals surface area contributed by atoms with Crippen molar-refractivity contribution < 1.29 is 4.42 Å². The van der Waals surface area contributed by atoms with E-state index in [2.05, 4.69) is 43.3 Å². The second kappa shape index (κ2) is 9.41. The summed E-state index contributed by atoms with van der Waals surface area (Å²) in [6.07, 6.45) is 0. The Bertz CT molecular complexity index is 678. The van der Waals surface area contributed by atoms with Gasteiger partial charge in [0, 0.05) is 11.9 Å². The van der Waals surface area contributed by atoms with Crippen LogP contribution in [0.5, 0.6) is 0 Å². The molecular formula is C17H27IN4OS. The Morgan fingerprint density at radius 1 is 1.29 bits per heavy atom. The Labute approximate surface area is 165 Å². The van der Waals surface area contributed by atoms with Crippen LogP contribution in [0, 0.1) is 13.8 Å². The van der Waals surface area contributed by atoms with Crippen LogP contribution in [-0.4, -0.2) is 18.0 Å². The summed E-state index contributed by atoms with van der Waals surface area (Å²) in [5.74, 6) is 3.01. The second-order valence-electron chi connectivity index (χ2n) is 5.94. The summed E-state index contributed by atoms with van der Waals surface area (Å²) in [5, 5.41) is 7.73. The lowest BCUT2D eigenvalue weighted by Gasteiger charge is -2.15. The summed E-state index contributed by atoms with van der Waals surface area (Å²) in [4.78, 5) is 10.3. The molecule has 0 aromatic carbocycles. The van der Waals surface area contributed by atoms with Gasteiger partial charge in [0.05, 0.1) is 18.3 Å². The van der Waals surface area contributed by atoms with E-state index in [1.54, 1.807) is 18.4 Å². The van der Waals surface area contributed by atoms with Gasteiger partial charge in [0.1, 0.15) is 16.5 Å². The number of hydrogen-bond acceptors (Lipinski definition) is 4. The molecule has 24 heavy (non-hydrogen) atoms. The molecule has 5 nitrogen and oxygen atoms in total. The fourth-order valence-corrected chi connectivity index (χ4v) is 3.42. The van der Waals surface area contributed by atoms with Crippen LogP contribution < -0.4 is 10.6 Å². The first-order valence-electron chi connectivity index (χ1n) is 7.90. The molecule has 2 aromatic rings. The largest absolute Gasteiger partial charge is 0.464 e. The van der Waals surface area contributed by atoms with Gasteiger partial charge < -0.3 is 15.1 Å². The number of rotatable bonds is 5. The third kappa shape index (κ3) is 5.47. The highest BCUT2D eigenvalue weighted by Crippen LogP contribution is 2.24. The van der Waals surface area contributed by atoms with Gasteiger partial charge in [-0.3, -0.25) is 4.99 Å². The second-order valence-corrected chi connectivity index (χ2v) is 7.23. The SMILES string of the molecule is CN=C(NCc1nc(C(C)C)c(C)s1)NC(C)c1ccc(C)o1.I. The van der Waals surface area contributed by atoms with Crippen molar-refractivity contribution in [1.82, 2.24) is 15.6 Å². The zero-order valence-corrected chi connectivity index (χ0v) is 18.3. The Morgan fingerprint density at radius 2 is 2.00 bits per heavy atom. The monoisotopic (exact) mass is 462 g/mol. The number of hydrogen-bond donors (Lipinski definition) is 2. The molecule has 0 saturated heterocycles. The quantitative estimate of drug-likeness (QED) is 0.390. The summed E-state index contributed by atoms with van der Waals surface area (Å²) in [7, 11) is 1.77. The van der Waals surface area contributed by atoms with E-state index in [0.717, 1.165) is 22.5 Å². The van der Waals surface area contributed by atoms with Crippen LogP contribution in [0.2, 0.25) is 0 Å². The van der Waals surface area contributed by atoms with Crippen LogP contribution in [0.4, 0.5) is 0 Å². The zero-order chi connectivity index (χ0) is 17.0. The highest BCUT2D eigenvalue weighted by molar-refractivity contribution is 14.0. The Kier molecular flexibility index (Phi) is 8.21. The van der Waals surface area contributed by atoms with E-state index in [4.69, 9.17) is 9.40 Å². The van der Waals surface area contributed by atoms with Crippen molar-refractivity contribution in [3.63, 3.8) is 0 Å². The predicted molar refractivity (Wildman–Crippen MR) is 112 cm³/mol. The molecule has 0 amide bonds. The third-order valence-corrected chi connectivity index (χ3v) is 4.58. The number of aromatic nitrogens is 1. The fraction of sp³-hybridized carbons (Fsp3) is 0.529. The van der Waals surface area contributed by atoms with Crippen molar-refractivity contribution in [3.8, 4) is 0 Å². The minimum absolute atomic E-state index is 0. The topological polar surface area (TPSA) is 62.5 Å². The number of thiazole rings is 1. The van der Waals surface area contributed by atoms with Crippen molar-refractivity contribution in [1.29, 1.82) is 0 Å². The number of nitrogens with one attached hydrogen (secondary N) is 2. The van der Waals surface area contributed by atoms with E-state index in [9.17, 15) is 0 Å². The number of halogens is 1. The minimum Gasteiger partial charge on any atom is -0.464 e. The molecule has 0 spiro atoms. The number of aryl methyl sites for hydroxylation is 2. The Morgan fingerprint density at radius 3 is 2.50 bits per heavy atom. The number of nitrogens with zero attached hydrogens (tertiary/aromatic N) is 2. The molecule has 0 radical (unpaired) electrons. The first kappa shape index (κ1) is 21.0. The number of guanidine groups is 1. The predicted octanol–water partition coefficient (Wildman–Crippen LogP) is 4.52. The highest BCUT2D eigenvalue weighted by Gasteiger charge is 2.13. The van der Waals surface area contributed by atoms with Gasteiger partial charge in [-0.1, -0.05) is 13.8 Å². The molecule has 0 bridgehead atoms. The Balaban J connectivity index is 0.00000288. The van der Waals surface area contributed by atoms with Gasteiger partial charge >= 0.3 is 0 Å². The normalized spacial score (nSPS) is 12.9. The fourth-order valence-electron chi connectivity index (χ4n) is 2.39. The molecule has 134 valence electrons. The van der Waals surface area contributed by atoms with Crippen LogP contribution in [0.1, 0.15) is 59.8 Å². The molecule has 2 N–H and O–H groups in total. The summed E-state index contributed by atoms with van der Waals surface area (Å²) >= 11 is 1.74. The molecule has 0 fully saturated rings. The molecule has 2 rings (SSSR count). The highest BCUT2D eigenvalue weighted by atomic mass is 127. The molecule has 7 heteroatoms. The van der Waals surface area contributed by atoms with Gasteiger partial charge in [0.25, 0.3) is 0 Å². The summed E-state index contributed by atoms with van der Waals surface area (Å²) < 4.78 is 5.64. The first-order chi connectivity index (χ1) is 10.9. The van der Waals surface area contributed by atoms with E-state index in [-0.39, 0.29) is 30.0 Å². The smallest absolute Gasteiger partial charge is 0.191 e. The standard InChI is InChI=1S/C17H26N4OS.HI/c1-10(2)16-13(5)23-15(21-16)9-19-17(18-6)20-12(4)14-8-7-11(3)22-14;/h7-8,10,12H,9H2,1-6H3,(H2,18,19,20);1H. The Hall–Kier alpha value is -1.09. The van der Waals surface area contributed by atoms with Crippen LogP contribution in [-0.2, 0) is 6.54 Å². The molecule has 0 aliphatic heterocycles. The maximum atomic E-state index is 5.64. The number of furan rings is 1. The molecule has 0 aliphatic rings. The van der Waals surface area contributed by atoms with Crippen LogP contribution in [0.15, 0.2) is 21.5 Å². The van der Waals surface area contributed by atoms with Gasteiger partial charge in [0.2, 0.25) is 0 Å². The van der Waals surface area contributed by atoms with Gasteiger partial charge in [-0.25, -0.2) is 4.98 Å². The molecule has 0 saturated carbocycles. The van der Waals surface area contributed by atoms with Crippen LogP contribution in [0.3, 0.4) is 0 Å². The van der Waals surface area contributed by atoms with E-state index in [1.165, 1.54) is 10.6 Å². The summed E-state index contributed by atoms with van der Waals surface area (Å²) in [6, 6.07) is 4.01. The van der Waals surface area contributed by atoms with Gasteiger partial charge in [-0.05, 0) is 38.8 Å². The average Bonchev–Trinajstić information content (AvgIpc) is 3.09. The van der Waals surface area contributed by atoms with Gasteiger partial charge in [0.15, 0.2) is 5.96 Å². The maximum absolute atomic E-state index is 5.64. The van der Waals surface area contributed by atoms with E-state index in [0.29, 0.717) is 12.5 Å². The first-order valence-corrected chi connectivity index (χ1v) is 8.72. The minimum atomic E-state index is 0. The van der Waals surface area contributed by atoms with E-state index < -0.39 is 0 Å². The van der Waals surface area contributed by atoms with Crippen LogP contribution in [0.25, 0.3) is 0 Å². The summed E-state index contributed by atoms with van der Waals surface area (Å²) in [6.45, 7) is 11.1. The van der Waals surface area contributed by atoms with E-state index >= 15 is 0 Å². The zero-order valence-electron chi connectivity index (χ0n) is 15.1. The van der Waals surface area contributed by atoms with Gasteiger partial charge in [-0.15, -0.1) is 35.3 Å². The molecule has 1 atom stereocenters. The van der Waals surface area contributed by atoms with Crippen molar-refractivity contribution in [2.24, 2.45) is 4.99 Å². The summed E-state index contributed by atoms with van der Waals surface area (Å²) in [5.41, 5.74) is 1.19. The third-order valence-electron chi connectivity index (χ3n) is 3.60. The lowest BCUT2D eigenvalue weighted by Crippen LogP contribution is -2.38. The lowest BCUT2D eigenvalue weighted by atomic mass is 10.1. The maximum Gasteiger partial charge on any atom is 0.191 e. The van der Waals surface area contributed by atoms with Crippen molar-refractivity contribution in [3.05, 3.63) is 39.2 Å². The van der Waals surface area contributed by atoms with Crippen LogP contribution >= 0.6 is 35.3 Å². The van der Waals surface area contributed by atoms with Crippen molar-refractivity contribution in [2.75, 3.05) is 7.05 Å². The average molecular weight is 462 g/mol. The van der Waals surface area contributed by atoms with Gasteiger partial charge in [-0.2, -0.15) is 0 Å². The molecular weight excluding hydrogens is 435 g/mol. The molecule has 2 heterocycles. The lowest BCUT2D eigenvalue weighted by molar-refractivity contribution is 0.441. The molecule has 0 aliphatic carbocycles. The number of aliphatic imine (C=N–C) groups is 1.